The summed E-state index contributed by atoms with van der Waals surface area (Å²) in [6.45, 7) is 5.94. The highest BCUT2D eigenvalue weighted by atomic mass is 16.1. The number of nitrogens with one attached hydrogen (secondary N) is 3. The molecule has 0 fully saturated rings. The molecule has 0 spiro atoms. The smallest absolute Gasteiger partial charge is 0.256 e. The SMILES string of the molecule is Cc1cc(NC(=O)/C=C/c2cc3cnn(C(C)C)c3[nH]c2=O)cc2[nH]ncc12. The number of anilines is 1. The van der Waals surface area contributed by atoms with Gasteiger partial charge < -0.3 is 10.3 Å². The minimum Gasteiger partial charge on any atom is -0.322 e. The lowest BCUT2D eigenvalue weighted by atomic mass is 10.1. The van der Waals surface area contributed by atoms with Crippen LogP contribution in [-0.2, 0) is 4.79 Å². The van der Waals surface area contributed by atoms with Gasteiger partial charge in [-0.2, -0.15) is 10.2 Å². The highest BCUT2D eigenvalue weighted by Gasteiger charge is 2.09. The van der Waals surface area contributed by atoms with Gasteiger partial charge >= 0.3 is 0 Å². The van der Waals surface area contributed by atoms with Crippen molar-refractivity contribution in [2.75, 3.05) is 5.32 Å². The maximum Gasteiger partial charge on any atom is 0.256 e. The van der Waals surface area contributed by atoms with Crippen LogP contribution in [0.5, 0.6) is 0 Å². The number of hydrogen-bond donors (Lipinski definition) is 3. The summed E-state index contributed by atoms with van der Waals surface area (Å²) in [6.07, 6.45) is 6.29. The van der Waals surface area contributed by atoms with Gasteiger partial charge in [0.05, 0.1) is 17.9 Å². The summed E-state index contributed by atoms with van der Waals surface area (Å²) in [6, 6.07) is 5.56. The molecule has 1 amide bonds. The van der Waals surface area contributed by atoms with E-state index < -0.39 is 0 Å². The average Bonchev–Trinajstić information content (AvgIpc) is 3.26. The summed E-state index contributed by atoms with van der Waals surface area (Å²) in [4.78, 5) is 27.5. The number of carbonyl (C=O) groups excluding carboxylic acids is 1. The number of H-pyrrole nitrogens is 2. The van der Waals surface area contributed by atoms with Crippen molar-refractivity contribution in [2.45, 2.75) is 26.8 Å². The number of nitrogens with zero attached hydrogens (tertiary/aromatic N) is 3. The van der Waals surface area contributed by atoms with E-state index in [2.05, 4.69) is 25.6 Å². The lowest BCUT2D eigenvalue weighted by molar-refractivity contribution is -0.111. The summed E-state index contributed by atoms with van der Waals surface area (Å²) in [7, 11) is 0. The monoisotopic (exact) mass is 376 g/mol. The minimum atomic E-state index is -0.323. The third kappa shape index (κ3) is 3.20. The second kappa shape index (κ2) is 6.80. The van der Waals surface area contributed by atoms with Crippen molar-refractivity contribution in [3.63, 3.8) is 0 Å². The van der Waals surface area contributed by atoms with Gasteiger partial charge in [0.15, 0.2) is 0 Å². The van der Waals surface area contributed by atoms with Gasteiger partial charge in [0.2, 0.25) is 5.91 Å². The van der Waals surface area contributed by atoms with Crippen LogP contribution in [0, 0.1) is 6.92 Å². The fourth-order valence-electron chi connectivity index (χ4n) is 3.19. The van der Waals surface area contributed by atoms with Crippen molar-refractivity contribution in [1.82, 2.24) is 25.0 Å². The largest absolute Gasteiger partial charge is 0.322 e. The molecule has 8 nitrogen and oxygen atoms in total. The molecule has 3 aromatic heterocycles. The lowest BCUT2D eigenvalue weighted by Crippen LogP contribution is -2.13. The third-order valence-corrected chi connectivity index (χ3v) is 4.57. The van der Waals surface area contributed by atoms with Crippen LogP contribution in [-0.4, -0.2) is 30.9 Å². The Labute approximate surface area is 160 Å². The molecule has 8 heteroatoms. The van der Waals surface area contributed by atoms with Gasteiger partial charge in [-0.1, -0.05) is 0 Å². The number of aromatic nitrogens is 5. The molecule has 0 aliphatic heterocycles. The number of carbonyl (C=O) groups is 1. The maximum atomic E-state index is 12.3. The van der Waals surface area contributed by atoms with Gasteiger partial charge in [-0.3, -0.25) is 14.7 Å². The minimum absolute atomic E-state index is 0.135. The Kier molecular flexibility index (Phi) is 4.31. The normalized spacial score (nSPS) is 11.9. The zero-order valence-electron chi connectivity index (χ0n) is 15.8. The van der Waals surface area contributed by atoms with Gasteiger partial charge in [-0.15, -0.1) is 0 Å². The van der Waals surface area contributed by atoms with E-state index in [-0.39, 0.29) is 17.5 Å². The van der Waals surface area contributed by atoms with Crippen LogP contribution in [0.2, 0.25) is 0 Å². The van der Waals surface area contributed by atoms with Crippen LogP contribution in [0.3, 0.4) is 0 Å². The average molecular weight is 376 g/mol. The van der Waals surface area contributed by atoms with Gasteiger partial charge in [0, 0.05) is 34.1 Å². The molecule has 0 saturated heterocycles. The number of fused-ring (bicyclic) bond motifs is 2. The topological polar surface area (TPSA) is 108 Å². The number of rotatable bonds is 4. The Morgan fingerprint density at radius 1 is 1.25 bits per heavy atom. The van der Waals surface area contributed by atoms with E-state index in [0.717, 1.165) is 21.9 Å². The second-order valence-electron chi connectivity index (χ2n) is 6.99. The Bertz CT molecular complexity index is 1280. The molecule has 3 N–H and O–H groups in total. The third-order valence-electron chi connectivity index (χ3n) is 4.57. The van der Waals surface area contributed by atoms with Crippen molar-refractivity contribution in [2.24, 2.45) is 0 Å². The number of pyridine rings is 1. The fourth-order valence-corrected chi connectivity index (χ4v) is 3.19. The van der Waals surface area contributed by atoms with Gasteiger partial charge in [0.25, 0.3) is 5.56 Å². The van der Waals surface area contributed by atoms with Gasteiger partial charge in [0.1, 0.15) is 5.65 Å². The highest BCUT2D eigenvalue weighted by Crippen LogP contribution is 2.21. The molecular weight excluding hydrogens is 356 g/mol. The standard InChI is InChI=1S/C20H20N6O2/c1-11(2)26-19-14(9-22-26)7-13(20(28)24-19)4-5-18(27)23-15-6-12(3)16-10-21-25-17(16)8-15/h4-11H,1-3H3,(H,21,25)(H,23,27)(H,24,28)/b5-4+. The molecule has 1 aromatic carbocycles. The first-order chi connectivity index (χ1) is 13.4. The molecule has 0 saturated carbocycles. The van der Waals surface area contributed by atoms with E-state index in [4.69, 9.17) is 0 Å². The lowest BCUT2D eigenvalue weighted by Gasteiger charge is -2.06. The molecule has 28 heavy (non-hydrogen) atoms. The number of aryl methyl sites for hydroxylation is 1. The number of hydrogen-bond acceptors (Lipinski definition) is 4. The number of benzene rings is 1. The Morgan fingerprint density at radius 3 is 2.86 bits per heavy atom. The van der Waals surface area contributed by atoms with E-state index in [1.807, 2.05) is 32.9 Å². The van der Waals surface area contributed by atoms with Crippen molar-refractivity contribution < 1.29 is 4.79 Å². The predicted molar refractivity (Wildman–Crippen MR) is 109 cm³/mol. The molecule has 0 bridgehead atoms. The van der Waals surface area contributed by atoms with E-state index in [1.54, 1.807) is 23.1 Å². The van der Waals surface area contributed by atoms with Gasteiger partial charge in [-0.25, -0.2) is 4.68 Å². The molecule has 142 valence electrons. The van der Waals surface area contributed by atoms with Crippen molar-refractivity contribution in [1.29, 1.82) is 0 Å². The predicted octanol–water partition coefficient (Wildman–Crippen LogP) is 3.14. The first-order valence-corrected chi connectivity index (χ1v) is 8.95. The van der Waals surface area contributed by atoms with Crippen LogP contribution in [0.15, 0.2) is 41.5 Å². The van der Waals surface area contributed by atoms with E-state index >= 15 is 0 Å². The van der Waals surface area contributed by atoms with E-state index in [1.165, 1.54) is 12.2 Å². The highest BCUT2D eigenvalue weighted by molar-refractivity contribution is 6.03. The molecule has 0 atom stereocenters. The first kappa shape index (κ1) is 17.7. The van der Waals surface area contributed by atoms with E-state index in [9.17, 15) is 9.59 Å². The van der Waals surface area contributed by atoms with Crippen LogP contribution >= 0.6 is 0 Å². The number of amides is 1. The van der Waals surface area contributed by atoms with E-state index in [0.29, 0.717) is 16.9 Å². The zero-order chi connectivity index (χ0) is 19.8. The van der Waals surface area contributed by atoms with Crippen molar-refractivity contribution in [3.8, 4) is 0 Å². The van der Waals surface area contributed by atoms with Crippen molar-refractivity contribution >= 4 is 39.6 Å². The molecule has 4 aromatic rings. The van der Waals surface area contributed by atoms with Crippen LogP contribution in [0.1, 0.15) is 31.0 Å². The summed E-state index contributed by atoms with van der Waals surface area (Å²) in [5.74, 6) is -0.323. The Morgan fingerprint density at radius 2 is 2.07 bits per heavy atom. The summed E-state index contributed by atoms with van der Waals surface area (Å²) in [5.41, 5.74) is 3.31. The summed E-state index contributed by atoms with van der Waals surface area (Å²) >= 11 is 0. The van der Waals surface area contributed by atoms with Crippen molar-refractivity contribution in [3.05, 3.63) is 58.1 Å². The fraction of sp³-hybridized carbons (Fsp3) is 0.200. The van der Waals surface area contributed by atoms with Crippen LogP contribution < -0.4 is 10.9 Å². The molecule has 4 rings (SSSR count). The first-order valence-electron chi connectivity index (χ1n) is 8.95. The van der Waals surface area contributed by atoms with Crippen LogP contribution in [0.25, 0.3) is 28.0 Å². The molecule has 0 aliphatic carbocycles. The Balaban J connectivity index is 1.57. The maximum absolute atomic E-state index is 12.3. The molecule has 0 unspecified atom stereocenters. The quantitative estimate of drug-likeness (QED) is 0.475. The zero-order valence-corrected chi connectivity index (χ0v) is 15.8. The summed E-state index contributed by atoms with van der Waals surface area (Å²) in [5, 5.41) is 15.8. The number of aromatic amines is 2. The van der Waals surface area contributed by atoms with Crippen LogP contribution in [0.4, 0.5) is 5.69 Å². The Hall–Kier alpha value is -3.68. The second-order valence-corrected chi connectivity index (χ2v) is 6.99. The molecular formula is C20H20N6O2. The molecule has 3 heterocycles. The van der Waals surface area contributed by atoms with Gasteiger partial charge in [-0.05, 0) is 50.6 Å². The molecule has 0 aliphatic rings. The molecule has 0 radical (unpaired) electrons. The summed E-state index contributed by atoms with van der Waals surface area (Å²) < 4.78 is 1.75.